The van der Waals surface area contributed by atoms with Crippen LogP contribution in [0.25, 0.3) is 0 Å². The van der Waals surface area contributed by atoms with Crippen LogP contribution in [0.5, 0.6) is 5.75 Å². The summed E-state index contributed by atoms with van der Waals surface area (Å²) in [6.07, 6.45) is 0. The topological polar surface area (TPSA) is 60.8 Å². The third-order valence-corrected chi connectivity index (χ3v) is 3.79. The lowest BCUT2D eigenvalue weighted by Crippen LogP contribution is -2.65. The van der Waals surface area contributed by atoms with E-state index in [9.17, 15) is 15.0 Å². The fourth-order valence-corrected chi connectivity index (χ4v) is 2.13. The summed E-state index contributed by atoms with van der Waals surface area (Å²) in [6, 6.07) is 4.35. The molecule has 1 amide bonds. The molecular weight excluding hydrogens is 254 g/mol. The minimum atomic E-state index is -0.781. The van der Waals surface area contributed by atoms with E-state index in [1.54, 1.807) is 4.90 Å². The third kappa shape index (κ3) is 2.18. The molecule has 0 aromatic heterocycles. The summed E-state index contributed by atoms with van der Waals surface area (Å²) in [6.45, 7) is 4.53. The molecule has 4 nitrogen and oxygen atoms in total. The average molecular weight is 270 g/mol. The molecule has 0 aliphatic carbocycles. The molecule has 1 fully saturated rings. The van der Waals surface area contributed by atoms with E-state index in [1.807, 2.05) is 13.8 Å². The zero-order valence-electron chi connectivity index (χ0n) is 10.4. The molecule has 2 N–H and O–H groups in total. The highest BCUT2D eigenvalue weighted by Gasteiger charge is 2.45. The number of aromatic hydroxyl groups is 1. The maximum absolute atomic E-state index is 12.1. The molecule has 2 rings (SSSR count). The van der Waals surface area contributed by atoms with E-state index in [-0.39, 0.29) is 22.6 Å². The van der Waals surface area contributed by atoms with Crippen molar-refractivity contribution in [2.24, 2.45) is 5.92 Å². The van der Waals surface area contributed by atoms with Crippen LogP contribution < -0.4 is 0 Å². The second-order valence-electron chi connectivity index (χ2n) is 5.09. The lowest BCUT2D eigenvalue weighted by Gasteiger charge is -2.49. The van der Waals surface area contributed by atoms with E-state index >= 15 is 0 Å². The third-order valence-electron chi connectivity index (χ3n) is 3.49. The van der Waals surface area contributed by atoms with Gasteiger partial charge >= 0.3 is 0 Å². The quantitative estimate of drug-likeness (QED) is 0.862. The Morgan fingerprint density at radius 2 is 2.06 bits per heavy atom. The van der Waals surface area contributed by atoms with Crippen LogP contribution in [0.1, 0.15) is 24.2 Å². The molecule has 1 saturated heterocycles. The lowest BCUT2D eigenvalue weighted by atomic mass is 9.82. The minimum Gasteiger partial charge on any atom is -0.506 e. The van der Waals surface area contributed by atoms with Gasteiger partial charge in [0.2, 0.25) is 0 Å². The molecule has 1 aliphatic rings. The number of hydrogen-bond donors (Lipinski definition) is 2. The molecule has 1 aromatic carbocycles. The predicted octanol–water partition coefficient (Wildman–Crippen LogP) is 1.89. The number of rotatable bonds is 2. The summed E-state index contributed by atoms with van der Waals surface area (Å²) >= 11 is 5.76. The SMILES string of the molecule is CC(C)C1(O)CN(C(=O)c2ccc(O)c(Cl)c2)C1. The lowest BCUT2D eigenvalue weighted by molar-refractivity contribution is -0.110. The van der Waals surface area contributed by atoms with Crippen LogP contribution >= 0.6 is 11.6 Å². The molecule has 0 saturated carbocycles. The number of carbonyl (C=O) groups is 1. The predicted molar refractivity (Wildman–Crippen MR) is 68.8 cm³/mol. The molecule has 5 heteroatoms. The van der Waals surface area contributed by atoms with Gasteiger partial charge in [-0.05, 0) is 24.1 Å². The fraction of sp³-hybridized carbons (Fsp3) is 0.462. The van der Waals surface area contributed by atoms with Gasteiger partial charge in [-0.25, -0.2) is 0 Å². The Morgan fingerprint density at radius 3 is 2.56 bits per heavy atom. The van der Waals surface area contributed by atoms with Crippen LogP contribution in [0.15, 0.2) is 18.2 Å². The zero-order chi connectivity index (χ0) is 13.5. The van der Waals surface area contributed by atoms with E-state index in [4.69, 9.17) is 11.6 Å². The smallest absolute Gasteiger partial charge is 0.254 e. The van der Waals surface area contributed by atoms with Crippen molar-refractivity contribution in [1.82, 2.24) is 4.90 Å². The molecule has 0 radical (unpaired) electrons. The molecule has 1 heterocycles. The van der Waals surface area contributed by atoms with Gasteiger partial charge in [0, 0.05) is 5.56 Å². The van der Waals surface area contributed by atoms with Gasteiger partial charge in [-0.15, -0.1) is 0 Å². The van der Waals surface area contributed by atoms with Crippen molar-refractivity contribution in [2.45, 2.75) is 19.4 Å². The largest absolute Gasteiger partial charge is 0.506 e. The maximum Gasteiger partial charge on any atom is 0.254 e. The van der Waals surface area contributed by atoms with Crippen LogP contribution in [0.3, 0.4) is 0 Å². The number of likely N-dealkylation sites (tertiary alicyclic amines) is 1. The normalized spacial score (nSPS) is 17.7. The van der Waals surface area contributed by atoms with Gasteiger partial charge in [-0.2, -0.15) is 0 Å². The van der Waals surface area contributed by atoms with E-state index in [0.717, 1.165) is 0 Å². The summed E-state index contributed by atoms with van der Waals surface area (Å²) in [5.74, 6) is -0.109. The first-order valence-corrected chi connectivity index (χ1v) is 6.21. The first-order valence-electron chi connectivity index (χ1n) is 5.83. The molecule has 98 valence electrons. The van der Waals surface area contributed by atoms with Crippen molar-refractivity contribution in [3.05, 3.63) is 28.8 Å². The Bertz CT molecular complexity index is 481. The molecule has 0 unspecified atom stereocenters. The van der Waals surface area contributed by atoms with E-state index < -0.39 is 5.60 Å². The number of nitrogens with zero attached hydrogens (tertiary/aromatic N) is 1. The minimum absolute atomic E-state index is 0.0458. The van der Waals surface area contributed by atoms with Gasteiger partial charge in [0.1, 0.15) is 11.4 Å². The second kappa shape index (κ2) is 4.44. The summed E-state index contributed by atoms with van der Waals surface area (Å²) in [7, 11) is 0. The first kappa shape index (κ1) is 13.2. The van der Waals surface area contributed by atoms with Crippen molar-refractivity contribution in [3.63, 3.8) is 0 Å². The van der Waals surface area contributed by atoms with Crippen LogP contribution in [-0.2, 0) is 0 Å². The van der Waals surface area contributed by atoms with Gasteiger partial charge in [0.15, 0.2) is 0 Å². The Hall–Kier alpha value is -1.26. The Balaban J connectivity index is 2.08. The number of carbonyl (C=O) groups excluding carboxylic acids is 1. The molecule has 0 atom stereocenters. The second-order valence-corrected chi connectivity index (χ2v) is 5.49. The molecule has 1 aromatic rings. The van der Waals surface area contributed by atoms with Gasteiger partial charge in [-0.1, -0.05) is 25.4 Å². The number of hydrogen-bond acceptors (Lipinski definition) is 3. The monoisotopic (exact) mass is 269 g/mol. The molecule has 18 heavy (non-hydrogen) atoms. The van der Waals surface area contributed by atoms with Crippen molar-refractivity contribution in [3.8, 4) is 5.75 Å². The average Bonchev–Trinajstić information content (AvgIpc) is 2.27. The fourth-order valence-electron chi connectivity index (χ4n) is 1.95. The molecule has 0 bridgehead atoms. The Morgan fingerprint density at radius 1 is 1.44 bits per heavy atom. The van der Waals surface area contributed by atoms with Gasteiger partial charge in [-0.3, -0.25) is 4.79 Å². The molecule has 1 aliphatic heterocycles. The number of aliphatic hydroxyl groups is 1. The number of β-amino-alcohol motifs (C(OH)–C–C–N with tert-alkyl or cyclic N) is 1. The number of benzene rings is 1. The first-order chi connectivity index (χ1) is 8.33. The van der Waals surface area contributed by atoms with Crippen LogP contribution in [-0.4, -0.2) is 39.7 Å². The van der Waals surface area contributed by atoms with Crippen LogP contribution in [0.2, 0.25) is 5.02 Å². The summed E-state index contributed by atoms with van der Waals surface area (Å²) in [5, 5.41) is 19.5. The van der Waals surface area contributed by atoms with E-state index in [1.165, 1.54) is 18.2 Å². The zero-order valence-corrected chi connectivity index (χ0v) is 11.1. The maximum atomic E-state index is 12.1. The number of amides is 1. The number of phenolic OH excluding ortho intramolecular Hbond substituents is 1. The highest BCUT2D eigenvalue weighted by Crippen LogP contribution is 2.31. The van der Waals surface area contributed by atoms with Gasteiger partial charge < -0.3 is 15.1 Å². The van der Waals surface area contributed by atoms with Gasteiger partial charge in [0.25, 0.3) is 5.91 Å². The summed E-state index contributed by atoms with van der Waals surface area (Å²) in [5.41, 5.74) is -0.361. The van der Waals surface area contributed by atoms with Gasteiger partial charge in [0.05, 0.1) is 18.1 Å². The van der Waals surface area contributed by atoms with Crippen LogP contribution in [0, 0.1) is 5.92 Å². The van der Waals surface area contributed by atoms with E-state index in [0.29, 0.717) is 18.7 Å². The summed E-state index contributed by atoms with van der Waals surface area (Å²) in [4.78, 5) is 13.6. The Kier molecular flexibility index (Phi) is 3.25. The van der Waals surface area contributed by atoms with Crippen molar-refractivity contribution >= 4 is 17.5 Å². The van der Waals surface area contributed by atoms with E-state index in [2.05, 4.69) is 0 Å². The van der Waals surface area contributed by atoms with Crippen molar-refractivity contribution < 1.29 is 15.0 Å². The number of phenols is 1. The standard InChI is InChI=1S/C13H16ClNO3/c1-8(2)13(18)6-15(7-13)12(17)9-3-4-11(16)10(14)5-9/h3-5,8,16,18H,6-7H2,1-2H3. The van der Waals surface area contributed by atoms with Crippen molar-refractivity contribution in [2.75, 3.05) is 13.1 Å². The van der Waals surface area contributed by atoms with Crippen LogP contribution in [0.4, 0.5) is 0 Å². The molecule has 0 spiro atoms. The molecular formula is C13H16ClNO3. The summed E-state index contributed by atoms with van der Waals surface area (Å²) < 4.78 is 0. The van der Waals surface area contributed by atoms with Crippen molar-refractivity contribution in [1.29, 1.82) is 0 Å². The highest BCUT2D eigenvalue weighted by atomic mass is 35.5. The highest BCUT2D eigenvalue weighted by molar-refractivity contribution is 6.32. The number of halogens is 1. The Labute approximate surface area is 111 Å².